The molecular formula is C13H26N4O2S. The number of hydrogen-bond acceptors (Lipinski definition) is 4. The van der Waals surface area contributed by atoms with Crippen LogP contribution in [0.3, 0.4) is 0 Å². The Kier molecular flexibility index (Phi) is 9.07. The largest absolute Gasteiger partial charge is 0.393 e. The van der Waals surface area contributed by atoms with Crippen LogP contribution in [0.25, 0.3) is 0 Å². The SMILES string of the molecule is CNC(=O)C(C)CN(C)CCC(=O)N(C)CCC(N)=S. The fourth-order valence-corrected chi connectivity index (χ4v) is 1.86. The molecule has 0 aliphatic heterocycles. The lowest BCUT2D eigenvalue weighted by Crippen LogP contribution is -2.37. The number of thiocarbonyl (C=S) groups is 1. The van der Waals surface area contributed by atoms with Crippen molar-refractivity contribution < 1.29 is 9.59 Å². The quantitative estimate of drug-likeness (QED) is 0.578. The molecule has 20 heavy (non-hydrogen) atoms. The maximum atomic E-state index is 11.9. The second-order valence-electron chi connectivity index (χ2n) is 5.06. The first kappa shape index (κ1) is 18.8. The highest BCUT2D eigenvalue weighted by molar-refractivity contribution is 7.80. The highest BCUT2D eigenvalue weighted by atomic mass is 32.1. The Labute approximate surface area is 126 Å². The lowest BCUT2D eigenvalue weighted by atomic mass is 10.1. The molecule has 0 rings (SSSR count). The van der Waals surface area contributed by atoms with Crippen molar-refractivity contribution in [3.05, 3.63) is 0 Å². The molecule has 0 fully saturated rings. The second-order valence-corrected chi connectivity index (χ2v) is 5.58. The minimum Gasteiger partial charge on any atom is -0.393 e. The van der Waals surface area contributed by atoms with E-state index in [9.17, 15) is 9.59 Å². The van der Waals surface area contributed by atoms with E-state index < -0.39 is 0 Å². The molecule has 3 N–H and O–H groups in total. The lowest BCUT2D eigenvalue weighted by molar-refractivity contribution is -0.130. The van der Waals surface area contributed by atoms with Crippen LogP contribution in [0.4, 0.5) is 0 Å². The van der Waals surface area contributed by atoms with Gasteiger partial charge in [0, 0.05) is 52.5 Å². The van der Waals surface area contributed by atoms with Crippen LogP contribution in [-0.2, 0) is 9.59 Å². The Hall–Kier alpha value is -1.21. The Morgan fingerprint density at radius 3 is 2.35 bits per heavy atom. The molecule has 1 unspecified atom stereocenters. The Bertz CT molecular complexity index is 349. The molecule has 0 heterocycles. The third-order valence-corrected chi connectivity index (χ3v) is 3.31. The first-order chi connectivity index (χ1) is 9.27. The van der Waals surface area contributed by atoms with Gasteiger partial charge in [0.15, 0.2) is 0 Å². The average molecular weight is 302 g/mol. The number of amides is 2. The fraction of sp³-hybridized carbons (Fsp3) is 0.769. The summed E-state index contributed by atoms with van der Waals surface area (Å²) in [6.45, 7) is 3.67. The predicted octanol–water partition coefficient (Wildman–Crippen LogP) is -0.175. The van der Waals surface area contributed by atoms with E-state index in [1.54, 1.807) is 19.0 Å². The van der Waals surface area contributed by atoms with Gasteiger partial charge in [0.1, 0.15) is 0 Å². The van der Waals surface area contributed by atoms with Crippen molar-refractivity contribution in [2.45, 2.75) is 19.8 Å². The molecule has 0 aliphatic rings. The van der Waals surface area contributed by atoms with Crippen LogP contribution in [-0.4, -0.2) is 67.4 Å². The van der Waals surface area contributed by atoms with E-state index in [1.807, 2.05) is 18.9 Å². The molecule has 0 saturated heterocycles. The van der Waals surface area contributed by atoms with Gasteiger partial charge >= 0.3 is 0 Å². The summed E-state index contributed by atoms with van der Waals surface area (Å²) >= 11 is 4.78. The summed E-state index contributed by atoms with van der Waals surface area (Å²) in [6.07, 6.45) is 0.964. The van der Waals surface area contributed by atoms with Gasteiger partial charge in [-0.15, -0.1) is 0 Å². The monoisotopic (exact) mass is 302 g/mol. The smallest absolute Gasteiger partial charge is 0.223 e. The van der Waals surface area contributed by atoms with Crippen molar-refractivity contribution >= 4 is 29.0 Å². The number of nitrogens with one attached hydrogen (secondary N) is 1. The van der Waals surface area contributed by atoms with Crippen LogP contribution < -0.4 is 11.1 Å². The number of carbonyl (C=O) groups excluding carboxylic acids is 2. The van der Waals surface area contributed by atoms with Gasteiger partial charge in [0.25, 0.3) is 0 Å². The predicted molar refractivity (Wildman–Crippen MR) is 84.4 cm³/mol. The molecule has 0 bridgehead atoms. The minimum absolute atomic E-state index is 0.0109. The van der Waals surface area contributed by atoms with Crippen LogP contribution in [0.15, 0.2) is 0 Å². The van der Waals surface area contributed by atoms with E-state index in [0.29, 0.717) is 37.5 Å². The molecule has 0 aromatic rings. The van der Waals surface area contributed by atoms with Crippen LogP contribution in [0.2, 0.25) is 0 Å². The summed E-state index contributed by atoms with van der Waals surface area (Å²) in [7, 11) is 5.27. The Morgan fingerprint density at radius 2 is 1.85 bits per heavy atom. The van der Waals surface area contributed by atoms with Crippen LogP contribution in [0, 0.1) is 5.92 Å². The first-order valence-corrected chi connectivity index (χ1v) is 7.11. The molecule has 6 nitrogen and oxygen atoms in total. The second kappa shape index (κ2) is 9.66. The van der Waals surface area contributed by atoms with Gasteiger partial charge in [-0.25, -0.2) is 0 Å². The van der Waals surface area contributed by atoms with Crippen LogP contribution in [0.5, 0.6) is 0 Å². The maximum absolute atomic E-state index is 11.9. The van der Waals surface area contributed by atoms with E-state index in [1.165, 1.54) is 0 Å². The molecule has 0 radical (unpaired) electrons. The summed E-state index contributed by atoms with van der Waals surface area (Å²) < 4.78 is 0. The number of hydrogen-bond donors (Lipinski definition) is 2. The standard InChI is InChI=1S/C13H26N4O2S/c1-10(13(19)15-2)9-16(3)7-6-12(18)17(4)8-5-11(14)20/h10H,5-9H2,1-4H3,(H2,14,20)(H,15,19). The summed E-state index contributed by atoms with van der Waals surface area (Å²) in [5.74, 6) is -0.0232. The van der Waals surface area contributed by atoms with Crippen molar-refractivity contribution in [1.29, 1.82) is 0 Å². The Morgan fingerprint density at radius 1 is 1.25 bits per heavy atom. The van der Waals surface area contributed by atoms with E-state index in [0.717, 1.165) is 0 Å². The number of nitrogens with two attached hydrogens (primary N) is 1. The van der Waals surface area contributed by atoms with Gasteiger partial charge in [-0.2, -0.15) is 0 Å². The maximum Gasteiger partial charge on any atom is 0.223 e. The highest BCUT2D eigenvalue weighted by Gasteiger charge is 2.15. The normalized spacial score (nSPS) is 12.1. The zero-order valence-corrected chi connectivity index (χ0v) is 13.6. The first-order valence-electron chi connectivity index (χ1n) is 6.70. The van der Waals surface area contributed by atoms with Crippen LogP contribution in [0.1, 0.15) is 19.8 Å². The number of nitrogens with zero attached hydrogens (tertiary/aromatic N) is 2. The van der Waals surface area contributed by atoms with Gasteiger partial charge in [0.05, 0.1) is 4.99 Å². The Balaban J connectivity index is 3.99. The van der Waals surface area contributed by atoms with Gasteiger partial charge in [-0.1, -0.05) is 19.1 Å². The third kappa shape index (κ3) is 8.06. The van der Waals surface area contributed by atoms with Gasteiger partial charge in [-0.3, -0.25) is 9.59 Å². The summed E-state index contributed by atoms with van der Waals surface area (Å²) in [5, 5.41) is 2.62. The van der Waals surface area contributed by atoms with E-state index in [2.05, 4.69) is 5.32 Å². The van der Waals surface area contributed by atoms with Crippen molar-refractivity contribution in [3.63, 3.8) is 0 Å². The molecule has 7 heteroatoms. The molecular weight excluding hydrogens is 276 g/mol. The molecule has 0 aromatic carbocycles. The van der Waals surface area contributed by atoms with Crippen LogP contribution >= 0.6 is 12.2 Å². The summed E-state index contributed by atoms with van der Waals surface area (Å²) in [5.41, 5.74) is 5.41. The molecule has 0 aromatic heterocycles. The highest BCUT2D eigenvalue weighted by Crippen LogP contribution is 2.01. The number of rotatable bonds is 9. The molecule has 2 amide bonds. The zero-order chi connectivity index (χ0) is 15.7. The topological polar surface area (TPSA) is 78.7 Å². The van der Waals surface area contributed by atoms with Gasteiger partial charge < -0.3 is 20.9 Å². The zero-order valence-electron chi connectivity index (χ0n) is 12.8. The molecule has 1 atom stereocenters. The lowest BCUT2D eigenvalue weighted by Gasteiger charge is -2.22. The molecule has 0 saturated carbocycles. The summed E-state index contributed by atoms with van der Waals surface area (Å²) in [4.78, 5) is 27.3. The van der Waals surface area contributed by atoms with Gasteiger partial charge in [0.2, 0.25) is 11.8 Å². The van der Waals surface area contributed by atoms with Crippen molar-refractivity contribution in [2.75, 3.05) is 40.8 Å². The van der Waals surface area contributed by atoms with E-state index in [-0.39, 0.29) is 17.7 Å². The molecule has 116 valence electrons. The fourth-order valence-electron chi connectivity index (χ4n) is 1.77. The van der Waals surface area contributed by atoms with Gasteiger partial charge in [-0.05, 0) is 7.05 Å². The van der Waals surface area contributed by atoms with Crippen molar-refractivity contribution in [2.24, 2.45) is 11.7 Å². The molecule has 0 spiro atoms. The average Bonchev–Trinajstić information content (AvgIpc) is 2.40. The van der Waals surface area contributed by atoms with Crippen molar-refractivity contribution in [3.8, 4) is 0 Å². The summed E-state index contributed by atoms with van der Waals surface area (Å²) in [6, 6.07) is 0. The minimum atomic E-state index is -0.0903. The molecule has 0 aliphatic carbocycles. The third-order valence-electron chi connectivity index (χ3n) is 3.11. The van der Waals surface area contributed by atoms with E-state index in [4.69, 9.17) is 18.0 Å². The van der Waals surface area contributed by atoms with Crippen molar-refractivity contribution in [1.82, 2.24) is 15.1 Å². The van der Waals surface area contributed by atoms with E-state index >= 15 is 0 Å². The number of carbonyl (C=O) groups is 2.